The number of ketones is 1. The molecule has 0 spiro atoms. The topological polar surface area (TPSA) is 93.3 Å². The Morgan fingerprint density at radius 3 is 1.92 bits per heavy atom. The molecule has 6 rings (SSSR count). The molecule has 6 nitrogen and oxygen atoms in total. The van der Waals surface area contributed by atoms with Crippen LogP contribution in [0.1, 0.15) is 10.4 Å². The zero-order chi connectivity index (χ0) is 26.9. The minimum atomic E-state index is -5.29. The monoisotopic (exact) mass is 667 g/mol. The number of pyridine rings is 2. The van der Waals surface area contributed by atoms with Crippen LogP contribution in [0.4, 0.5) is 13.2 Å². The number of carbonyl (C=O) groups excluding carboxylic acids is 1. The molecule has 3 aromatic heterocycles. The zero-order valence-electron chi connectivity index (χ0n) is 19.8. The summed E-state index contributed by atoms with van der Waals surface area (Å²) in [6, 6.07) is 25.4. The molecule has 10 heteroatoms. The quantitative estimate of drug-likeness (QED) is 0.126. The molecule has 3 heterocycles. The molecule has 3 aromatic carbocycles. The van der Waals surface area contributed by atoms with E-state index in [1.54, 1.807) is 42.7 Å². The molecule has 0 unspecified atom stereocenters. The second kappa shape index (κ2) is 11.7. The molecule has 0 saturated carbocycles. The van der Waals surface area contributed by atoms with E-state index in [2.05, 4.69) is 34.2 Å². The van der Waals surface area contributed by atoms with Crippen molar-refractivity contribution in [3.05, 3.63) is 113 Å². The molecule has 0 amide bonds. The van der Waals surface area contributed by atoms with Gasteiger partial charge >= 0.3 is 11.8 Å². The SMILES string of the molecule is O=C(c1c(O)c2ccc(-c3ccccc3)cc2oc1=O)C(F)(F)F.[Eu].c1cnc2c(c1)ccc1cccnc12. The van der Waals surface area contributed by atoms with E-state index in [1.807, 2.05) is 18.2 Å². The van der Waals surface area contributed by atoms with Crippen LogP contribution in [0.15, 0.2) is 107 Å². The van der Waals surface area contributed by atoms with E-state index in [9.17, 15) is 27.9 Å². The maximum absolute atomic E-state index is 12.5. The van der Waals surface area contributed by atoms with Gasteiger partial charge in [0, 0.05) is 72.5 Å². The number of nitrogens with zero attached hydrogens (tertiary/aromatic N) is 2. The summed E-state index contributed by atoms with van der Waals surface area (Å²) in [7, 11) is 0. The number of hydrogen-bond donors (Lipinski definition) is 1. The van der Waals surface area contributed by atoms with Crippen LogP contribution in [-0.4, -0.2) is 27.0 Å². The van der Waals surface area contributed by atoms with Crippen molar-refractivity contribution in [1.29, 1.82) is 0 Å². The Morgan fingerprint density at radius 2 is 1.36 bits per heavy atom. The second-order valence-electron chi connectivity index (χ2n) is 8.23. The van der Waals surface area contributed by atoms with E-state index in [0.717, 1.165) is 27.4 Å². The van der Waals surface area contributed by atoms with Gasteiger partial charge in [-0.3, -0.25) is 14.8 Å². The Labute approximate surface area is 259 Å². The van der Waals surface area contributed by atoms with Crippen molar-refractivity contribution in [3.63, 3.8) is 0 Å². The van der Waals surface area contributed by atoms with Crippen LogP contribution in [0.5, 0.6) is 5.75 Å². The molecule has 39 heavy (non-hydrogen) atoms. The van der Waals surface area contributed by atoms with E-state index in [1.165, 1.54) is 12.1 Å². The Kier molecular flexibility index (Phi) is 8.59. The predicted molar refractivity (Wildman–Crippen MR) is 137 cm³/mol. The molecule has 0 bridgehead atoms. The Balaban J connectivity index is 0.000000199. The van der Waals surface area contributed by atoms with Gasteiger partial charge in [0.05, 0.1) is 16.4 Å². The van der Waals surface area contributed by atoms with Crippen molar-refractivity contribution >= 4 is 38.6 Å². The number of Topliss-reactive ketones (excluding diaryl/α,β-unsaturated/α-hetero) is 1. The van der Waals surface area contributed by atoms with Gasteiger partial charge in [0.25, 0.3) is 5.78 Å². The molecular weight excluding hydrogens is 649 g/mol. The van der Waals surface area contributed by atoms with Crippen molar-refractivity contribution in [3.8, 4) is 16.9 Å². The maximum Gasteiger partial charge on any atom is 0.455 e. The molecular formula is C29H17EuF3N2O4. The van der Waals surface area contributed by atoms with Crippen LogP contribution >= 0.6 is 0 Å². The number of aromatic nitrogens is 2. The van der Waals surface area contributed by atoms with Crippen molar-refractivity contribution in [1.82, 2.24) is 9.97 Å². The number of halogens is 3. The molecule has 1 radical (unpaired) electrons. The normalized spacial score (nSPS) is 11.1. The van der Waals surface area contributed by atoms with E-state index in [4.69, 9.17) is 4.42 Å². The van der Waals surface area contributed by atoms with Gasteiger partial charge in [0.15, 0.2) is 5.56 Å². The minimum absolute atomic E-state index is 0. The standard InChI is InChI=1S/C17H9F3O4.C12H8N2.Eu/c18-17(19,20)15(22)13-14(21)11-7-6-10(8-12(11)24-16(13)23)9-4-2-1-3-5-9;1-3-9-5-6-10-4-2-8-14-12(10)11(9)13-7-1;/h1-8,21H;1-8H;. The largest absolute Gasteiger partial charge is 0.506 e. The van der Waals surface area contributed by atoms with Crippen LogP contribution < -0.4 is 5.63 Å². The molecule has 0 fully saturated rings. The third-order valence-electron chi connectivity index (χ3n) is 5.82. The van der Waals surface area contributed by atoms with E-state index >= 15 is 0 Å². The number of fused-ring (bicyclic) bond motifs is 4. The van der Waals surface area contributed by atoms with E-state index in [-0.39, 0.29) is 60.3 Å². The summed E-state index contributed by atoms with van der Waals surface area (Å²) < 4.78 is 42.4. The zero-order valence-corrected chi connectivity index (χ0v) is 22.2. The fourth-order valence-corrected chi connectivity index (χ4v) is 4.02. The first-order valence-corrected chi connectivity index (χ1v) is 11.3. The summed E-state index contributed by atoms with van der Waals surface area (Å²) in [5, 5.41) is 12.1. The molecule has 0 saturated heterocycles. The second-order valence-corrected chi connectivity index (χ2v) is 8.23. The molecule has 0 aliphatic carbocycles. The molecule has 0 aliphatic heterocycles. The van der Waals surface area contributed by atoms with Crippen LogP contribution in [0.25, 0.3) is 43.9 Å². The molecule has 0 aliphatic rings. The van der Waals surface area contributed by atoms with Crippen molar-refractivity contribution in [2.75, 3.05) is 0 Å². The third-order valence-corrected chi connectivity index (χ3v) is 5.82. The Bertz CT molecular complexity index is 1820. The summed E-state index contributed by atoms with van der Waals surface area (Å²) in [4.78, 5) is 31.7. The first-order chi connectivity index (χ1) is 18.2. The van der Waals surface area contributed by atoms with E-state index < -0.39 is 28.9 Å². The van der Waals surface area contributed by atoms with Crippen LogP contribution in [0.3, 0.4) is 0 Å². The predicted octanol–water partition coefficient (Wildman–Crippen LogP) is 6.69. The summed E-state index contributed by atoms with van der Waals surface area (Å²) in [6.45, 7) is 0. The van der Waals surface area contributed by atoms with Gasteiger partial charge in [-0.25, -0.2) is 4.79 Å². The maximum atomic E-state index is 12.5. The van der Waals surface area contributed by atoms with Gasteiger partial charge in [-0.2, -0.15) is 13.2 Å². The van der Waals surface area contributed by atoms with Crippen LogP contribution in [0, 0.1) is 49.4 Å². The Morgan fingerprint density at radius 1 is 0.769 bits per heavy atom. The average Bonchev–Trinajstić information content (AvgIpc) is 2.93. The van der Waals surface area contributed by atoms with Crippen LogP contribution in [-0.2, 0) is 0 Å². The van der Waals surface area contributed by atoms with Gasteiger partial charge in [-0.1, -0.05) is 60.7 Å². The summed E-state index contributed by atoms with van der Waals surface area (Å²) in [6.07, 6.45) is -1.68. The van der Waals surface area contributed by atoms with E-state index in [0.29, 0.717) is 5.56 Å². The first-order valence-electron chi connectivity index (χ1n) is 11.3. The minimum Gasteiger partial charge on any atom is -0.506 e. The molecule has 0 atom stereocenters. The summed E-state index contributed by atoms with van der Waals surface area (Å²) in [5.74, 6) is -3.48. The molecule has 6 aromatic rings. The molecule has 1 N–H and O–H groups in total. The Hall–Kier alpha value is -3.47. The van der Waals surface area contributed by atoms with Gasteiger partial charge < -0.3 is 9.52 Å². The third kappa shape index (κ3) is 5.93. The average molecular weight is 666 g/mol. The van der Waals surface area contributed by atoms with Crippen molar-refractivity contribution < 1.29 is 76.9 Å². The number of rotatable bonds is 2. The number of carbonyl (C=O) groups is 1. The number of alkyl halides is 3. The smallest absolute Gasteiger partial charge is 0.455 e. The molecule has 195 valence electrons. The number of benzene rings is 3. The summed E-state index contributed by atoms with van der Waals surface area (Å²) in [5.41, 5.74) is 0.321. The fraction of sp³-hybridized carbons (Fsp3) is 0.0345. The number of hydrogen-bond acceptors (Lipinski definition) is 6. The van der Waals surface area contributed by atoms with Gasteiger partial charge in [-0.15, -0.1) is 0 Å². The summed E-state index contributed by atoms with van der Waals surface area (Å²) >= 11 is 0. The van der Waals surface area contributed by atoms with Gasteiger partial charge in [0.2, 0.25) is 0 Å². The van der Waals surface area contributed by atoms with Crippen molar-refractivity contribution in [2.45, 2.75) is 6.18 Å². The van der Waals surface area contributed by atoms with Gasteiger partial charge in [-0.05, 0) is 35.4 Å². The van der Waals surface area contributed by atoms with Crippen molar-refractivity contribution in [2.24, 2.45) is 0 Å². The van der Waals surface area contributed by atoms with Gasteiger partial charge in [0.1, 0.15) is 11.3 Å². The number of aromatic hydroxyl groups is 1. The van der Waals surface area contributed by atoms with Crippen LogP contribution in [0.2, 0.25) is 0 Å². The fourth-order valence-electron chi connectivity index (χ4n) is 4.02. The first kappa shape index (κ1) is 28.5.